The van der Waals surface area contributed by atoms with E-state index in [9.17, 15) is 8.42 Å². The number of nitrogens with zero attached hydrogens (tertiary/aromatic N) is 5. The van der Waals surface area contributed by atoms with Crippen LogP contribution in [0.4, 0.5) is 0 Å². The van der Waals surface area contributed by atoms with Crippen LogP contribution in [0.3, 0.4) is 0 Å². The van der Waals surface area contributed by atoms with E-state index in [4.69, 9.17) is 4.52 Å². The Hall–Kier alpha value is -1.65. The Morgan fingerprint density at radius 2 is 2.11 bits per heavy atom. The van der Waals surface area contributed by atoms with Crippen molar-refractivity contribution in [2.24, 2.45) is 4.99 Å². The summed E-state index contributed by atoms with van der Waals surface area (Å²) in [6, 6.07) is 2.74. The number of nitrogens with one attached hydrogen (secondary N) is 1. The second-order valence-corrected chi connectivity index (χ2v) is 9.28. The molecule has 1 aromatic heterocycles. The molecule has 9 nitrogen and oxygen atoms in total. The van der Waals surface area contributed by atoms with Gasteiger partial charge in [0.2, 0.25) is 10.0 Å². The highest BCUT2D eigenvalue weighted by Crippen LogP contribution is 2.26. The summed E-state index contributed by atoms with van der Waals surface area (Å²) >= 11 is 0. The van der Waals surface area contributed by atoms with E-state index in [0.29, 0.717) is 37.9 Å². The van der Waals surface area contributed by atoms with Crippen LogP contribution in [-0.2, 0) is 15.8 Å². The number of rotatable bonds is 7. The Morgan fingerprint density at radius 3 is 2.67 bits per heavy atom. The normalized spacial score (nSPS) is 20.9. The van der Waals surface area contributed by atoms with Crippen molar-refractivity contribution in [3.63, 3.8) is 0 Å². The van der Waals surface area contributed by atoms with Crippen LogP contribution in [-0.4, -0.2) is 92.5 Å². The van der Waals surface area contributed by atoms with Gasteiger partial charge in [0.1, 0.15) is 12.0 Å². The van der Waals surface area contributed by atoms with Gasteiger partial charge in [-0.25, -0.2) is 8.42 Å². The maximum atomic E-state index is 12.5. The van der Waals surface area contributed by atoms with Crippen LogP contribution in [0.2, 0.25) is 0 Å². The molecule has 0 bridgehead atoms. The van der Waals surface area contributed by atoms with Crippen molar-refractivity contribution in [1.29, 1.82) is 0 Å². The predicted molar refractivity (Wildman–Crippen MR) is 104 cm³/mol. The lowest BCUT2D eigenvalue weighted by atomic mass is 10.3. The maximum absolute atomic E-state index is 12.5. The first-order valence-electron chi connectivity index (χ1n) is 9.45. The van der Waals surface area contributed by atoms with Crippen LogP contribution in [0, 0.1) is 0 Å². The summed E-state index contributed by atoms with van der Waals surface area (Å²) in [5, 5.41) is 7.14. The molecule has 10 heteroatoms. The molecule has 1 aromatic rings. The van der Waals surface area contributed by atoms with E-state index in [1.165, 1.54) is 23.4 Å². The lowest BCUT2D eigenvalue weighted by Crippen LogP contribution is -2.55. The standard InChI is InChI=1S/C17H30N6O3S/c1-14(21(3)16-4-5-16)12-19-17(18-2)22-7-9-23(10-8-22)27(24,25)13-15-6-11-26-20-15/h6,11,14,16H,4-5,7-10,12-13H2,1-3H3,(H,18,19). The lowest BCUT2D eigenvalue weighted by Gasteiger charge is -2.36. The molecule has 2 aliphatic rings. The van der Waals surface area contributed by atoms with Crippen molar-refractivity contribution >= 4 is 16.0 Å². The highest BCUT2D eigenvalue weighted by atomic mass is 32.2. The number of sulfonamides is 1. The Morgan fingerprint density at radius 1 is 1.41 bits per heavy atom. The second-order valence-electron chi connectivity index (χ2n) is 7.31. The fourth-order valence-corrected chi connectivity index (χ4v) is 4.75. The first-order valence-corrected chi connectivity index (χ1v) is 11.1. The highest BCUT2D eigenvalue weighted by Gasteiger charge is 2.31. The van der Waals surface area contributed by atoms with Crippen molar-refractivity contribution in [3.05, 3.63) is 18.0 Å². The molecule has 1 atom stereocenters. The van der Waals surface area contributed by atoms with Crippen molar-refractivity contribution in [2.75, 3.05) is 46.8 Å². The third-order valence-electron chi connectivity index (χ3n) is 5.34. The highest BCUT2D eigenvalue weighted by molar-refractivity contribution is 7.88. The monoisotopic (exact) mass is 398 g/mol. The van der Waals surface area contributed by atoms with E-state index in [1.807, 2.05) is 0 Å². The van der Waals surface area contributed by atoms with E-state index in [2.05, 4.69) is 39.2 Å². The quantitative estimate of drug-likeness (QED) is 0.517. The molecule has 1 saturated carbocycles. The Bertz CT molecular complexity index is 724. The van der Waals surface area contributed by atoms with Crippen LogP contribution < -0.4 is 5.32 Å². The van der Waals surface area contributed by atoms with Gasteiger partial charge in [0.25, 0.3) is 0 Å². The maximum Gasteiger partial charge on any atom is 0.220 e. The fourth-order valence-electron chi connectivity index (χ4n) is 3.33. The van der Waals surface area contributed by atoms with Gasteiger partial charge in [0.05, 0.1) is 5.69 Å². The van der Waals surface area contributed by atoms with Crippen LogP contribution in [0.25, 0.3) is 0 Å². The smallest absolute Gasteiger partial charge is 0.220 e. The lowest BCUT2D eigenvalue weighted by molar-refractivity contribution is 0.237. The van der Waals surface area contributed by atoms with Gasteiger partial charge in [-0.15, -0.1) is 0 Å². The molecule has 1 saturated heterocycles. The first-order chi connectivity index (χ1) is 12.9. The van der Waals surface area contributed by atoms with Crippen LogP contribution >= 0.6 is 0 Å². The van der Waals surface area contributed by atoms with Gasteiger partial charge in [-0.1, -0.05) is 5.16 Å². The van der Waals surface area contributed by atoms with Crippen LogP contribution in [0.15, 0.2) is 21.8 Å². The van der Waals surface area contributed by atoms with Crippen molar-refractivity contribution in [2.45, 2.75) is 37.6 Å². The second kappa shape index (κ2) is 8.57. The Balaban J connectivity index is 1.48. The number of piperazine rings is 1. The molecule has 0 amide bonds. The summed E-state index contributed by atoms with van der Waals surface area (Å²) in [6.45, 7) is 5.16. The van der Waals surface area contributed by atoms with Gasteiger partial charge in [-0.05, 0) is 26.8 Å². The molecule has 2 fully saturated rings. The van der Waals surface area contributed by atoms with Gasteiger partial charge in [0.15, 0.2) is 5.96 Å². The molecule has 27 heavy (non-hydrogen) atoms. The number of guanidine groups is 1. The van der Waals surface area contributed by atoms with E-state index in [-0.39, 0.29) is 5.75 Å². The molecule has 0 radical (unpaired) electrons. The summed E-state index contributed by atoms with van der Waals surface area (Å²) in [5.41, 5.74) is 0.434. The third kappa shape index (κ3) is 5.20. The largest absolute Gasteiger partial charge is 0.364 e. The van der Waals surface area contributed by atoms with Gasteiger partial charge < -0.3 is 14.7 Å². The molecular weight excluding hydrogens is 368 g/mol. The number of hydrogen-bond acceptors (Lipinski definition) is 6. The third-order valence-corrected chi connectivity index (χ3v) is 7.15. The van der Waals surface area contributed by atoms with Crippen molar-refractivity contribution in [3.8, 4) is 0 Å². The van der Waals surface area contributed by atoms with Crippen LogP contribution in [0.1, 0.15) is 25.5 Å². The summed E-state index contributed by atoms with van der Waals surface area (Å²) in [4.78, 5) is 8.90. The molecule has 1 unspecified atom stereocenters. The summed E-state index contributed by atoms with van der Waals surface area (Å²) in [5.74, 6) is 0.709. The summed E-state index contributed by atoms with van der Waals surface area (Å²) in [6.07, 6.45) is 3.97. The molecule has 1 aliphatic heterocycles. The molecular formula is C17H30N6O3S. The molecule has 3 rings (SSSR count). The zero-order valence-corrected chi connectivity index (χ0v) is 17.2. The minimum atomic E-state index is -3.38. The number of aromatic nitrogens is 1. The Kier molecular flexibility index (Phi) is 6.38. The minimum Gasteiger partial charge on any atom is -0.364 e. The van der Waals surface area contributed by atoms with Gasteiger partial charge in [-0.2, -0.15) is 4.31 Å². The van der Waals surface area contributed by atoms with Crippen molar-refractivity contribution < 1.29 is 12.9 Å². The first kappa shape index (κ1) is 20.1. The van der Waals surface area contributed by atoms with Gasteiger partial charge in [-0.3, -0.25) is 9.89 Å². The SMILES string of the molecule is CN=C(NCC(C)N(C)C1CC1)N1CCN(S(=O)(=O)Cc2ccon2)CC1. The topological polar surface area (TPSA) is 94.3 Å². The molecule has 0 spiro atoms. The summed E-state index contributed by atoms with van der Waals surface area (Å²) in [7, 11) is 0.557. The van der Waals surface area contributed by atoms with Crippen LogP contribution in [0.5, 0.6) is 0 Å². The Labute approximate surface area is 161 Å². The predicted octanol–water partition coefficient (Wildman–Crippen LogP) is 0.180. The average molecular weight is 399 g/mol. The van der Waals surface area contributed by atoms with Gasteiger partial charge >= 0.3 is 0 Å². The molecule has 1 N–H and O–H groups in total. The molecule has 0 aromatic carbocycles. The average Bonchev–Trinajstić information content (AvgIpc) is 3.39. The summed E-state index contributed by atoms with van der Waals surface area (Å²) < 4.78 is 31.3. The number of hydrogen-bond donors (Lipinski definition) is 1. The van der Waals surface area contributed by atoms with Gasteiger partial charge in [0, 0.05) is 57.9 Å². The molecule has 152 valence electrons. The number of likely N-dealkylation sites (N-methyl/N-ethyl adjacent to an activating group) is 1. The van der Waals surface area contributed by atoms with E-state index in [0.717, 1.165) is 18.5 Å². The van der Waals surface area contributed by atoms with E-state index >= 15 is 0 Å². The minimum absolute atomic E-state index is 0.124. The molecule has 1 aliphatic carbocycles. The van der Waals surface area contributed by atoms with E-state index in [1.54, 1.807) is 13.1 Å². The van der Waals surface area contributed by atoms with Crippen molar-refractivity contribution in [1.82, 2.24) is 24.6 Å². The fraction of sp³-hybridized carbons (Fsp3) is 0.765. The molecule has 2 heterocycles. The van der Waals surface area contributed by atoms with E-state index < -0.39 is 10.0 Å². The number of aliphatic imine (C=N–C) groups is 1. The zero-order valence-electron chi connectivity index (χ0n) is 16.3. The zero-order chi connectivity index (χ0) is 19.4.